The minimum absolute atomic E-state index is 0.0535. The molecule has 0 saturated heterocycles. The van der Waals surface area contributed by atoms with Crippen LogP contribution in [0.15, 0.2) is 60.7 Å². The highest BCUT2D eigenvalue weighted by molar-refractivity contribution is 5.96. The van der Waals surface area contributed by atoms with Crippen molar-refractivity contribution in [1.82, 2.24) is 9.97 Å². The number of aromatic nitrogens is 2. The van der Waals surface area contributed by atoms with E-state index < -0.39 is 11.8 Å². The number of hydrogen-bond acceptors (Lipinski definition) is 6. The van der Waals surface area contributed by atoms with Gasteiger partial charge in [0.1, 0.15) is 33.9 Å². The number of fused-ring (bicyclic) bond motifs is 2. The monoisotopic (exact) mass is 428 g/mol. The number of aromatic hydroxyl groups is 2. The molecule has 0 aliphatic carbocycles. The van der Waals surface area contributed by atoms with Crippen molar-refractivity contribution < 1.29 is 19.8 Å². The van der Waals surface area contributed by atoms with Crippen molar-refractivity contribution in [3.63, 3.8) is 0 Å². The van der Waals surface area contributed by atoms with Crippen LogP contribution in [0.3, 0.4) is 0 Å². The number of benzene rings is 2. The van der Waals surface area contributed by atoms with Crippen LogP contribution in [-0.4, -0.2) is 32.0 Å². The number of hydrogen-bond donors (Lipinski definition) is 4. The summed E-state index contributed by atoms with van der Waals surface area (Å²) in [7, 11) is 0. The lowest BCUT2D eigenvalue weighted by molar-refractivity contribution is 0.0987. The quantitative estimate of drug-likeness (QED) is 0.346. The van der Waals surface area contributed by atoms with Gasteiger partial charge in [-0.2, -0.15) is 0 Å². The van der Waals surface area contributed by atoms with Crippen LogP contribution in [0.5, 0.6) is 11.5 Å². The van der Waals surface area contributed by atoms with Gasteiger partial charge in [0.05, 0.1) is 0 Å². The van der Waals surface area contributed by atoms with Crippen LogP contribution in [0, 0.1) is 0 Å². The molecule has 8 nitrogen and oxygen atoms in total. The molecular formula is C24H20N4O4. The summed E-state index contributed by atoms with van der Waals surface area (Å²) in [5.74, 6) is -1.47. The van der Waals surface area contributed by atoms with Crippen molar-refractivity contribution in [2.45, 2.75) is 12.8 Å². The fourth-order valence-corrected chi connectivity index (χ4v) is 3.59. The zero-order valence-corrected chi connectivity index (χ0v) is 17.0. The zero-order valence-electron chi connectivity index (χ0n) is 17.0. The van der Waals surface area contributed by atoms with E-state index in [1.807, 2.05) is 0 Å². The summed E-state index contributed by atoms with van der Waals surface area (Å²) >= 11 is 0. The molecular weight excluding hydrogens is 408 g/mol. The Hall–Kier alpha value is -4.46. The predicted octanol–water partition coefficient (Wildman–Crippen LogP) is 2.73. The summed E-state index contributed by atoms with van der Waals surface area (Å²) in [6.07, 6.45) is 0.632. The van der Waals surface area contributed by atoms with Crippen molar-refractivity contribution in [3.05, 3.63) is 83.2 Å². The first kappa shape index (κ1) is 20.8. The van der Waals surface area contributed by atoms with Gasteiger partial charge in [-0.15, -0.1) is 0 Å². The number of amides is 2. The molecule has 2 aromatic heterocycles. The number of phenolic OH excluding ortho intramolecular Hbond substituents is 2. The van der Waals surface area contributed by atoms with E-state index in [-0.39, 0.29) is 33.9 Å². The van der Waals surface area contributed by atoms with Gasteiger partial charge in [0.2, 0.25) is 0 Å². The van der Waals surface area contributed by atoms with Gasteiger partial charge in [-0.25, -0.2) is 9.97 Å². The standard InChI is InChI=1S/C24H20N4O4/c1-12(10-15-4-2-13-6-8-17(23(25)31)27-19(13)21(15)29)11-16-5-3-14-7-9-18(24(26)32)28-20(14)22(16)30/h2-9,29-30H,1,10-11H2,(H2,25,31)(H2,26,32). The highest BCUT2D eigenvalue weighted by atomic mass is 16.3. The third-order valence-corrected chi connectivity index (χ3v) is 5.22. The minimum Gasteiger partial charge on any atom is -0.505 e. The summed E-state index contributed by atoms with van der Waals surface area (Å²) in [5.41, 5.74) is 13.1. The van der Waals surface area contributed by atoms with E-state index in [4.69, 9.17) is 11.5 Å². The van der Waals surface area contributed by atoms with Crippen LogP contribution in [0.25, 0.3) is 21.8 Å². The highest BCUT2D eigenvalue weighted by Crippen LogP contribution is 2.32. The number of carbonyl (C=O) groups excluding carboxylic acids is 2. The Labute approximate surface area is 182 Å². The Kier molecular flexibility index (Phi) is 5.19. The molecule has 2 amide bonds. The molecule has 0 bridgehead atoms. The fourth-order valence-electron chi connectivity index (χ4n) is 3.59. The second kappa shape index (κ2) is 7.99. The van der Waals surface area contributed by atoms with E-state index in [1.165, 1.54) is 12.1 Å². The number of nitrogens with two attached hydrogens (primary N) is 2. The Morgan fingerprint density at radius 2 is 1.09 bits per heavy atom. The van der Waals surface area contributed by atoms with Gasteiger partial charge in [0.25, 0.3) is 11.8 Å². The van der Waals surface area contributed by atoms with Gasteiger partial charge < -0.3 is 21.7 Å². The number of allylic oxidation sites excluding steroid dienone is 1. The molecule has 32 heavy (non-hydrogen) atoms. The van der Waals surface area contributed by atoms with Crippen molar-refractivity contribution >= 4 is 33.6 Å². The Morgan fingerprint density at radius 3 is 1.47 bits per heavy atom. The maximum atomic E-state index is 11.4. The molecule has 0 aliphatic rings. The Bertz CT molecular complexity index is 1320. The molecule has 0 radical (unpaired) electrons. The molecule has 0 fully saturated rings. The lowest BCUT2D eigenvalue weighted by Gasteiger charge is -2.12. The predicted molar refractivity (Wildman–Crippen MR) is 120 cm³/mol. The van der Waals surface area contributed by atoms with Crippen LogP contribution in [0.1, 0.15) is 32.1 Å². The molecule has 2 heterocycles. The van der Waals surface area contributed by atoms with Gasteiger partial charge in [0.15, 0.2) is 0 Å². The minimum atomic E-state index is -0.680. The second-order valence-electron chi connectivity index (χ2n) is 7.52. The molecule has 0 saturated carbocycles. The maximum Gasteiger partial charge on any atom is 0.267 e. The number of phenols is 2. The van der Waals surface area contributed by atoms with Crippen molar-refractivity contribution in [1.29, 1.82) is 0 Å². The second-order valence-corrected chi connectivity index (χ2v) is 7.52. The topological polar surface area (TPSA) is 152 Å². The average Bonchev–Trinajstić information content (AvgIpc) is 2.77. The molecule has 0 aliphatic heterocycles. The third-order valence-electron chi connectivity index (χ3n) is 5.22. The number of rotatable bonds is 6. The van der Waals surface area contributed by atoms with Crippen molar-refractivity contribution in [2.75, 3.05) is 0 Å². The Balaban J connectivity index is 1.62. The lowest BCUT2D eigenvalue weighted by atomic mass is 9.96. The maximum absolute atomic E-state index is 11.4. The SMILES string of the molecule is C=C(Cc1ccc2ccc(C(N)=O)nc2c1O)Cc1ccc2ccc(C(N)=O)nc2c1O. The van der Waals surface area contributed by atoms with Crippen LogP contribution in [0.4, 0.5) is 0 Å². The largest absolute Gasteiger partial charge is 0.505 e. The van der Waals surface area contributed by atoms with Crippen LogP contribution in [-0.2, 0) is 12.8 Å². The first-order valence-corrected chi connectivity index (χ1v) is 9.74. The highest BCUT2D eigenvalue weighted by Gasteiger charge is 2.15. The molecule has 0 atom stereocenters. The number of pyridine rings is 2. The van der Waals surface area contributed by atoms with E-state index in [2.05, 4.69) is 16.5 Å². The summed E-state index contributed by atoms with van der Waals surface area (Å²) in [6, 6.07) is 13.4. The average molecular weight is 428 g/mol. The first-order valence-electron chi connectivity index (χ1n) is 9.74. The first-order chi connectivity index (χ1) is 15.2. The third kappa shape index (κ3) is 3.81. The van der Waals surface area contributed by atoms with E-state index in [0.29, 0.717) is 40.3 Å². The van der Waals surface area contributed by atoms with E-state index in [1.54, 1.807) is 36.4 Å². The lowest BCUT2D eigenvalue weighted by Crippen LogP contribution is -2.12. The van der Waals surface area contributed by atoms with Gasteiger partial charge in [-0.3, -0.25) is 9.59 Å². The molecule has 2 aromatic carbocycles. The molecule has 0 unspecified atom stereocenters. The normalized spacial score (nSPS) is 11.0. The number of carbonyl (C=O) groups is 2. The van der Waals surface area contributed by atoms with Gasteiger partial charge >= 0.3 is 0 Å². The van der Waals surface area contributed by atoms with Crippen molar-refractivity contribution in [2.24, 2.45) is 11.5 Å². The van der Waals surface area contributed by atoms with Crippen LogP contribution >= 0.6 is 0 Å². The molecule has 4 aromatic rings. The van der Waals surface area contributed by atoms with Crippen LogP contribution < -0.4 is 11.5 Å². The molecule has 4 rings (SSSR count). The molecule has 8 heteroatoms. The summed E-state index contributed by atoms with van der Waals surface area (Å²) in [5, 5.41) is 22.7. The summed E-state index contributed by atoms with van der Waals surface area (Å²) in [4.78, 5) is 31.1. The van der Waals surface area contributed by atoms with Gasteiger partial charge in [-0.1, -0.05) is 48.6 Å². The Morgan fingerprint density at radius 1 is 0.719 bits per heavy atom. The number of nitrogens with zero attached hydrogens (tertiary/aromatic N) is 2. The van der Waals surface area contributed by atoms with Crippen molar-refractivity contribution in [3.8, 4) is 11.5 Å². The molecule has 6 N–H and O–H groups in total. The van der Waals surface area contributed by atoms with Gasteiger partial charge in [-0.05, 0) is 25.0 Å². The van der Waals surface area contributed by atoms with Crippen LogP contribution in [0.2, 0.25) is 0 Å². The molecule has 0 spiro atoms. The van der Waals surface area contributed by atoms with E-state index in [9.17, 15) is 19.8 Å². The molecule has 160 valence electrons. The van der Waals surface area contributed by atoms with E-state index in [0.717, 1.165) is 0 Å². The number of primary amides is 2. The summed E-state index contributed by atoms with van der Waals surface area (Å²) < 4.78 is 0. The summed E-state index contributed by atoms with van der Waals surface area (Å²) in [6.45, 7) is 4.07. The fraction of sp³-hybridized carbons (Fsp3) is 0.0833. The van der Waals surface area contributed by atoms with E-state index >= 15 is 0 Å². The van der Waals surface area contributed by atoms with Gasteiger partial charge in [0, 0.05) is 21.9 Å². The smallest absolute Gasteiger partial charge is 0.267 e. The zero-order chi connectivity index (χ0) is 23.0.